The summed E-state index contributed by atoms with van der Waals surface area (Å²) in [6, 6.07) is 5.84. The highest BCUT2D eigenvalue weighted by Gasteiger charge is 2.35. The molecule has 2 amide bonds. The highest BCUT2D eigenvalue weighted by atomic mass is 32.2. The SMILES string of the molecule is CCC(=O)N(c1nnc(S[C@H](C)C(=O)Nc2ccc(F)cc2)s1)C1CC1. The van der Waals surface area contributed by atoms with Gasteiger partial charge in [0.2, 0.25) is 16.9 Å². The van der Waals surface area contributed by atoms with Gasteiger partial charge in [-0.05, 0) is 44.0 Å². The van der Waals surface area contributed by atoms with E-state index in [1.807, 2.05) is 6.92 Å². The molecule has 0 radical (unpaired) electrons. The van der Waals surface area contributed by atoms with Crippen molar-refractivity contribution in [3.63, 3.8) is 0 Å². The zero-order valence-corrected chi connectivity index (χ0v) is 16.1. The van der Waals surface area contributed by atoms with Crippen LogP contribution in [0, 0.1) is 5.82 Å². The van der Waals surface area contributed by atoms with E-state index in [1.54, 1.807) is 11.8 Å². The lowest BCUT2D eigenvalue weighted by Crippen LogP contribution is -2.32. The Morgan fingerprint density at radius 2 is 2.04 bits per heavy atom. The molecule has 0 saturated heterocycles. The van der Waals surface area contributed by atoms with Crippen LogP contribution in [-0.2, 0) is 9.59 Å². The molecule has 1 aromatic heterocycles. The van der Waals surface area contributed by atoms with Crippen molar-refractivity contribution in [1.82, 2.24) is 10.2 Å². The van der Waals surface area contributed by atoms with E-state index in [0.717, 1.165) is 12.8 Å². The molecule has 1 aromatic carbocycles. The van der Waals surface area contributed by atoms with E-state index in [4.69, 9.17) is 0 Å². The Bertz CT molecular complexity index is 792. The van der Waals surface area contributed by atoms with Crippen molar-refractivity contribution in [1.29, 1.82) is 0 Å². The number of anilines is 2. The number of aromatic nitrogens is 2. The van der Waals surface area contributed by atoms with Crippen molar-refractivity contribution in [3.8, 4) is 0 Å². The van der Waals surface area contributed by atoms with E-state index in [1.165, 1.54) is 47.4 Å². The van der Waals surface area contributed by atoms with Gasteiger partial charge in [-0.2, -0.15) is 0 Å². The van der Waals surface area contributed by atoms with Gasteiger partial charge in [-0.1, -0.05) is 30.0 Å². The van der Waals surface area contributed by atoms with Gasteiger partial charge in [0.1, 0.15) is 5.82 Å². The molecule has 0 aliphatic heterocycles. The predicted octanol–water partition coefficient (Wildman–Crippen LogP) is 3.70. The summed E-state index contributed by atoms with van der Waals surface area (Å²) in [5, 5.41) is 11.2. The monoisotopic (exact) mass is 394 g/mol. The fourth-order valence-electron chi connectivity index (χ4n) is 2.30. The van der Waals surface area contributed by atoms with E-state index in [9.17, 15) is 14.0 Å². The Morgan fingerprint density at radius 3 is 2.65 bits per heavy atom. The van der Waals surface area contributed by atoms with Gasteiger partial charge in [-0.3, -0.25) is 14.5 Å². The zero-order chi connectivity index (χ0) is 18.7. The molecule has 0 bridgehead atoms. The number of thioether (sulfide) groups is 1. The normalized spacial score (nSPS) is 14.7. The van der Waals surface area contributed by atoms with Gasteiger partial charge in [-0.15, -0.1) is 10.2 Å². The summed E-state index contributed by atoms with van der Waals surface area (Å²) in [4.78, 5) is 26.1. The Hall–Kier alpha value is -2.00. The smallest absolute Gasteiger partial charge is 0.237 e. The number of hydrogen-bond donors (Lipinski definition) is 1. The number of benzene rings is 1. The molecule has 2 aromatic rings. The fraction of sp³-hybridized carbons (Fsp3) is 0.412. The standard InChI is InChI=1S/C17H19FN4O2S2/c1-3-14(23)22(13-8-9-13)16-20-21-17(26-16)25-10(2)15(24)19-12-6-4-11(18)5-7-12/h4-7,10,13H,3,8-9H2,1-2H3,(H,19,24)/t10-/m1/s1. The maximum absolute atomic E-state index is 12.9. The fourth-order valence-corrected chi connectivity index (χ4v) is 4.37. The number of carbonyl (C=O) groups is 2. The second-order valence-corrected chi connectivity index (χ2v) is 8.50. The molecule has 138 valence electrons. The third-order valence-corrected chi connectivity index (χ3v) is 5.95. The van der Waals surface area contributed by atoms with Gasteiger partial charge in [0, 0.05) is 18.2 Å². The molecule has 1 saturated carbocycles. The summed E-state index contributed by atoms with van der Waals surface area (Å²) in [5.74, 6) is -0.516. The average Bonchev–Trinajstić information content (AvgIpc) is 3.36. The molecule has 1 fully saturated rings. The third kappa shape index (κ3) is 4.59. The molecule has 26 heavy (non-hydrogen) atoms. The summed E-state index contributed by atoms with van der Waals surface area (Å²) >= 11 is 2.61. The van der Waals surface area contributed by atoms with Crippen LogP contribution in [0.3, 0.4) is 0 Å². The lowest BCUT2D eigenvalue weighted by molar-refractivity contribution is -0.118. The largest absolute Gasteiger partial charge is 0.325 e. The van der Waals surface area contributed by atoms with Crippen molar-refractivity contribution in [3.05, 3.63) is 30.1 Å². The number of nitrogens with zero attached hydrogens (tertiary/aromatic N) is 3. The van der Waals surface area contributed by atoms with Crippen LogP contribution < -0.4 is 10.2 Å². The van der Waals surface area contributed by atoms with Gasteiger partial charge in [0.15, 0.2) is 4.34 Å². The predicted molar refractivity (Wildman–Crippen MR) is 101 cm³/mol. The number of nitrogens with one attached hydrogen (secondary N) is 1. The molecule has 1 aliphatic carbocycles. The molecule has 0 spiro atoms. The maximum atomic E-state index is 12.9. The number of carbonyl (C=O) groups excluding carboxylic acids is 2. The molecule has 9 heteroatoms. The van der Waals surface area contributed by atoms with Crippen LogP contribution in [0.2, 0.25) is 0 Å². The molecule has 1 N–H and O–H groups in total. The summed E-state index contributed by atoms with van der Waals surface area (Å²) in [6.45, 7) is 3.59. The Kier molecular flexibility index (Phi) is 5.87. The second-order valence-electron chi connectivity index (χ2n) is 5.96. The number of hydrogen-bond acceptors (Lipinski definition) is 6. The van der Waals surface area contributed by atoms with E-state index in [2.05, 4.69) is 15.5 Å². The van der Waals surface area contributed by atoms with Gasteiger partial charge in [0.25, 0.3) is 0 Å². The van der Waals surface area contributed by atoms with Crippen LogP contribution in [-0.4, -0.2) is 33.3 Å². The minimum atomic E-state index is -0.405. The van der Waals surface area contributed by atoms with Gasteiger partial charge in [0.05, 0.1) is 5.25 Å². The molecule has 0 unspecified atom stereocenters. The van der Waals surface area contributed by atoms with Crippen LogP contribution in [0.4, 0.5) is 15.2 Å². The number of rotatable bonds is 7. The molecule has 1 aliphatic rings. The first-order valence-corrected chi connectivity index (χ1v) is 10.1. The first-order chi connectivity index (χ1) is 12.5. The first kappa shape index (κ1) is 18.8. The Labute approximate surface area is 159 Å². The average molecular weight is 394 g/mol. The van der Waals surface area contributed by atoms with Crippen LogP contribution in [0.5, 0.6) is 0 Å². The Balaban J connectivity index is 1.61. The van der Waals surface area contributed by atoms with E-state index in [0.29, 0.717) is 21.6 Å². The second kappa shape index (κ2) is 8.13. The summed E-state index contributed by atoms with van der Waals surface area (Å²) in [5.41, 5.74) is 0.537. The third-order valence-electron chi connectivity index (χ3n) is 3.84. The van der Waals surface area contributed by atoms with Crippen LogP contribution >= 0.6 is 23.1 Å². The lowest BCUT2D eigenvalue weighted by Gasteiger charge is -2.17. The lowest BCUT2D eigenvalue weighted by atomic mass is 10.3. The summed E-state index contributed by atoms with van der Waals surface area (Å²) in [6.07, 6.45) is 2.41. The molecule has 6 nitrogen and oxygen atoms in total. The number of halogens is 1. The van der Waals surface area contributed by atoms with Crippen LogP contribution in [0.1, 0.15) is 33.1 Å². The first-order valence-electron chi connectivity index (χ1n) is 8.36. The van der Waals surface area contributed by atoms with Crippen molar-refractivity contribution in [2.24, 2.45) is 0 Å². The van der Waals surface area contributed by atoms with E-state index < -0.39 is 5.25 Å². The zero-order valence-electron chi connectivity index (χ0n) is 14.4. The molecular weight excluding hydrogens is 375 g/mol. The van der Waals surface area contributed by atoms with Crippen molar-refractivity contribution >= 4 is 45.7 Å². The summed E-state index contributed by atoms with van der Waals surface area (Å²) in [7, 11) is 0. The molecule has 1 heterocycles. The maximum Gasteiger partial charge on any atom is 0.237 e. The minimum absolute atomic E-state index is 0.0438. The van der Waals surface area contributed by atoms with E-state index in [-0.39, 0.29) is 23.7 Å². The van der Waals surface area contributed by atoms with Gasteiger partial charge in [-0.25, -0.2) is 4.39 Å². The quantitative estimate of drug-likeness (QED) is 0.572. The highest BCUT2D eigenvalue weighted by Crippen LogP contribution is 2.37. The topological polar surface area (TPSA) is 75.2 Å². The van der Waals surface area contributed by atoms with Crippen LogP contribution in [0.25, 0.3) is 0 Å². The van der Waals surface area contributed by atoms with Gasteiger partial charge >= 0.3 is 0 Å². The number of amides is 2. The van der Waals surface area contributed by atoms with Gasteiger partial charge < -0.3 is 5.32 Å². The van der Waals surface area contributed by atoms with Crippen LogP contribution in [0.15, 0.2) is 28.6 Å². The Morgan fingerprint density at radius 1 is 1.35 bits per heavy atom. The highest BCUT2D eigenvalue weighted by molar-refractivity contribution is 8.02. The molecule has 3 rings (SSSR count). The van der Waals surface area contributed by atoms with Crippen molar-refractivity contribution in [2.45, 2.75) is 48.7 Å². The summed E-state index contributed by atoms with van der Waals surface area (Å²) < 4.78 is 13.6. The minimum Gasteiger partial charge on any atom is -0.325 e. The van der Waals surface area contributed by atoms with Crippen molar-refractivity contribution in [2.75, 3.05) is 10.2 Å². The molecule has 1 atom stereocenters. The van der Waals surface area contributed by atoms with E-state index >= 15 is 0 Å². The van der Waals surface area contributed by atoms with Crippen molar-refractivity contribution < 1.29 is 14.0 Å². The molecular formula is C17H19FN4O2S2.